The van der Waals surface area contributed by atoms with Gasteiger partial charge in [-0.15, -0.1) is 0 Å². The average molecular weight is 949 g/mol. The Bertz CT molecular complexity index is 4330. The smallest absolute Gasteiger partial charge is 0.137 e. The molecule has 0 aliphatic heterocycles. The zero-order chi connectivity index (χ0) is 49.1. The van der Waals surface area contributed by atoms with Gasteiger partial charge in [-0.1, -0.05) is 190 Å². The van der Waals surface area contributed by atoms with Gasteiger partial charge in [0.05, 0.1) is 22.2 Å². The van der Waals surface area contributed by atoms with E-state index in [1.165, 1.54) is 55.6 Å². The maximum atomic E-state index is 6.72. The number of nitrogens with zero attached hydrogens (tertiary/aromatic N) is 2. The molecule has 15 rings (SSSR count). The van der Waals surface area contributed by atoms with Crippen LogP contribution in [0.2, 0.25) is 0 Å². The molecule has 2 aliphatic carbocycles. The van der Waals surface area contributed by atoms with Gasteiger partial charge in [0.2, 0.25) is 0 Å². The molecule has 2 aromatic heterocycles. The van der Waals surface area contributed by atoms with Gasteiger partial charge in [0.25, 0.3) is 0 Å². The number of rotatable bonds is 8. The Morgan fingerprint density at radius 1 is 0.311 bits per heavy atom. The molecule has 4 heteroatoms. The van der Waals surface area contributed by atoms with Crippen molar-refractivity contribution in [1.82, 2.24) is 0 Å². The van der Waals surface area contributed by atoms with Crippen LogP contribution in [0, 0.1) is 0 Å². The van der Waals surface area contributed by atoms with Gasteiger partial charge in [0.15, 0.2) is 0 Å². The van der Waals surface area contributed by atoms with Gasteiger partial charge in [-0.3, -0.25) is 0 Å². The van der Waals surface area contributed by atoms with Crippen LogP contribution in [0.5, 0.6) is 0 Å². The molecule has 0 N–H and O–H groups in total. The Balaban J connectivity index is 1.01. The lowest BCUT2D eigenvalue weighted by Crippen LogP contribution is -2.30. The highest BCUT2D eigenvalue weighted by atomic mass is 16.3. The van der Waals surface area contributed by atoms with E-state index in [4.69, 9.17) is 8.83 Å². The summed E-state index contributed by atoms with van der Waals surface area (Å²) in [5, 5.41) is 4.33. The van der Waals surface area contributed by atoms with E-state index in [2.05, 4.69) is 266 Å². The van der Waals surface area contributed by atoms with E-state index in [9.17, 15) is 0 Å². The summed E-state index contributed by atoms with van der Waals surface area (Å²) in [5.74, 6) is 0. The monoisotopic (exact) mass is 948 g/mol. The molecule has 2 aliphatic rings. The normalized spacial score (nSPS) is 13.8. The standard InChI is InChI=1S/C70H48N2O2/c1-69(2)58-31-13-9-26-51(58)53-40-38-49(43-60(53)69)71(61-33-19-37-65-67(61)57-29-12-16-36-64(57)73-65)47-24-17-25-48(42-47)72(50-39-41-55-54-28-11-15-35-63(54)74-66(55)44-50)62-34-18-30-56-52-27-10-14-32-59(52)70(68(56)62,45-20-5-3-6-21-45)46-22-7-4-8-23-46/h3-44H,1-2H3. The van der Waals surface area contributed by atoms with Crippen LogP contribution in [0.15, 0.2) is 264 Å². The number of hydrogen-bond donors (Lipinski definition) is 0. The average Bonchev–Trinajstić information content (AvgIpc) is 4.27. The minimum Gasteiger partial charge on any atom is -0.456 e. The van der Waals surface area contributed by atoms with Gasteiger partial charge in [-0.2, -0.15) is 0 Å². The highest BCUT2D eigenvalue weighted by molar-refractivity contribution is 6.14. The zero-order valence-corrected chi connectivity index (χ0v) is 41.0. The molecule has 0 amide bonds. The van der Waals surface area contributed by atoms with Gasteiger partial charge in [0.1, 0.15) is 22.3 Å². The van der Waals surface area contributed by atoms with E-state index in [0.29, 0.717) is 0 Å². The topological polar surface area (TPSA) is 32.8 Å². The third-order valence-electron chi connectivity index (χ3n) is 16.1. The SMILES string of the molecule is CC1(C)c2ccccc2-c2ccc(N(c3cccc(N(c4ccc5c(c4)oc4ccccc45)c4cccc5c4C(c4ccccc4)(c4ccccc4)c4ccccc4-5)c3)c3cccc4oc5ccccc5c34)cc21. The Kier molecular flexibility index (Phi) is 9.19. The number of para-hydroxylation sites is 2. The molecular formula is C70H48N2O2. The second-order valence-corrected chi connectivity index (χ2v) is 20.3. The number of anilines is 6. The molecule has 0 saturated carbocycles. The van der Waals surface area contributed by atoms with E-state index in [-0.39, 0.29) is 5.41 Å². The first-order valence-electron chi connectivity index (χ1n) is 25.6. The lowest BCUT2D eigenvalue weighted by molar-refractivity contribution is 0.660. The predicted molar refractivity (Wildman–Crippen MR) is 305 cm³/mol. The Labute approximate surface area is 429 Å². The summed E-state index contributed by atoms with van der Waals surface area (Å²) in [7, 11) is 0. The van der Waals surface area contributed by atoms with Gasteiger partial charge < -0.3 is 18.6 Å². The minimum absolute atomic E-state index is 0.203. The van der Waals surface area contributed by atoms with E-state index >= 15 is 0 Å². The van der Waals surface area contributed by atoms with Crippen molar-refractivity contribution < 1.29 is 8.83 Å². The van der Waals surface area contributed by atoms with Crippen molar-refractivity contribution in [2.75, 3.05) is 9.80 Å². The second-order valence-electron chi connectivity index (χ2n) is 20.3. The van der Waals surface area contributed by atoms with Crippen LogP contribution in [0.25, 0.3) is 66.1 Å². The van der Waals surface area contributed by atoms with Crippen molar-refractivity contribution in [3.63, 3.8) is 0 Å². The number of benzene rings is 11. The van der Waals surface area contributed by atoms with Crippen LogP contribution in [-0.4, -0.2) is 0 Å². The number of hydrogen-bond acceptors (Lipinski definition) is 4. The van der Waals surface area contributed by atoms with Crippen LogP contribution in [-0.2, 0) is 10.8 Å². The molecular weight excluding hydrogens is 901 g/mol. The summed E-state index contributed by atoms with van der Waals surface area (Å²) in [6.07, 6.45) is 0. The Morgan fingerprint density at radius 2 is 0.797 bits per heavy atom. The highest BCUT2D eigenvalue weighted by Crippen LogP contribution is 2.61. The lowest BCUT2D eigenvalue weighted by atomic mass is 9.67. The molecule has 13 aromatic rings. The summed E-state index contributed by atoms with van der Waals surface area (Å²) < 4.78 is 13.3. The van der Waals surface area contributed by atoms with E-state index in [1.807, 2.05) is 12.1 Å². The fourth-order valence-corrected chi connectivity index (χ4v) is 12.9. The van der Waals surface area contributed by atoms with Crippen molar-refractivity contribution in [1.29, 1.82) is 0 Å². The quantitative estimate of drug-likeness (QED) is 0.152. The van der Waals surface area contributed by atoms with Crippen LogP contribution >= 0.6 is 0 Å². The molecule has 4 nitrogen and oxygen atoms in total. The maximum Gasteiger partial charge on any atom is 0.137 e. The summed E-state index contributed by atoms with van der Waals surface area (Å²) >= 11 is 0. The molecule has 2 heterocycles. The first-order chi connectivity index (χ1) is 36.5. The molecule has 74 heavy (non-hydrogen) atoms. The highest BCUT2D eigenvalue weighted by Gasteiger charge is 2.48. The van der Waals surface area contributed by atoms with Gasteiger partial charge in [0, 0.05) is 56.0 Å². The first-order valence-corrected chi connectivity index (χ1v) is 25.6. The number of fused-ring (bicyclic) bond motifs is 12. The van der Waals surface area contributed by atoms with E-state index in [1.54, 1.807) is 0 Å². The molecule has 0 saturated heterocycles. The van der Waals surface area contributed by atoms with Crippen molar-refractivity contribution >= 4 is 78.0 Å². The van der Waals surface area contributed by atoms with Crippen molar-refractivity contribution in [2.24, 2.45) is 0 Å². The summed E-state index contributed by atoms with van der Waals surface area (Å²) in [4.78, 5) is 4.91. The van der Waals surface area contributed by atoms with Crippen LogP contribution in [0.4, 0.5) is 34.1 Å². The largest absolute Gasteiger partial charge is 0.456 e. The van der Waals surface area contributed by atoms with Crippen LogP contribution < -0.4 is 9.80 Å². The molecule has 11 aromatic carbocycles. The van der Waals surface area contributed by atoms with E-state index in [0.717, 1.165) is 78.0 Å². The van der Waals surface area contributed by atoms with Gasteiger partial charge in [-0.05, 0) is 123 Å². The molecule has 0 unspecified atom stereocenters. The second kappa shape index (κ2) is 16.1. The first kappa shape index (κ1) is 42.3. The molecule has 0 radical (unpaired) electrons. The molecule has 350 valence electrons. The molecule has 0 fully saturated rings. The Hall–Kier alpha value is -9.38. The zero-order valence-electron chi connectivity index (χ0n) is 41.0. The fourth-order valence-electron chi connectivity index (χ4n) is 12.9. The summed E-state index contributed by atoms with van der Waals surface area (Å²) in [5.41, 5.74) is 21.3. The molecule has 0 atom stereocenters. The van der Waals surface area contributed by atoms with E-state index < -0.39 is 5.41 Å². The predicted octanol–water partition coefficient (Wildman–Crippen LogP) is 19.1. The van der Waals surface area contributed by atoms with Gasteiger partial charge >= 0.3 is 0 Å². The third-order valence-corrected chi connectivity index (χ3v) is 16.1. The molecule has 0 bridgehead atoms. The number of furan rings is 2. The van der Waals surface area contributed by atoms with Crippen LogP contribution in [0.3, 0.4) is 0 Å². The maximum absolute atomic E-state index is 6.72. The fraction of sp³-hybridized carbons (Fsp3) is 0.0571. The molecule has 0 spiro atoms. The van der Waals surface area contributed by atoms with Crippen molar-refractivity contribution in [3.05, 3.63) is 288 Å². The summed E-state index contributed by atoms with van der Waals surface area (Å²) in [6, 6.07) is 92.9. The van der Waals surface area contributed by atoms with Crippen molar-refractivity contribution in [3.8, 4) is 22.3 Å². The summed E-state index contributed by atoms with van der Waals surface area (Å²) in [6.45, 7) is 4.71. The minimum atomic E-state index is -0.664. The van der Waals surface area contributed by atoms with Gasteiger partial charge in [-0.25, -0.2) is 0 Å². The third kappa shape index (κ3) is 6.03. The van der Waals surface area contributed by atoms with Crippen molar-refractivity contribution in [2.45, 2.75) is 24.7 Å². The lowest BCUT2D eigenvalue weighted by Gasteiger charge is -2.38. The van der Waals surface area contributed by atoms with Crippen LogP contribution in [0.1, 0.15) is 47.2 Å². The Morgan fingerprint density at radius 3 is 1.55 bits per heavy atom.